The molecule has 2 rings (SSSR count). The molecule has 0 bridgehead atoms. The predicted octanol–water partition coefficient (Wildman–Crippen LogP) is 1.49. The normalized spacial score (nSPS) is 11.6. The topological polar surface area (TPSA) is 75.4 Å². The van der Waals surface area contributed by atoms with E-state index in [-0.39, 0.29) is 4.90 Å². The summed E-state index contributed by atoms with van der Waals surface area (Å²) in [6.45, 7) is 1.86. The zero-order valence-corrected chi connectivity index (χ0v) is 11.7. The molecule has 0 aliphatic rings. The lowest BCUT2D eigenvalue weighted by atomic mass is 10.3. The van der Waals surface area contributed by atoms with Gasteiger partial charge < -0.3 is 4.90 Å². The highest BCUT2D eigenvalue weighted by Crippen LogP contribution is 2.21. The fourth-order valence-electron chi connectivity index (χ4n) is 1.77. The largest absolute Gasteiger partial charge is 0.363 e. The molecule has 0 unspecified atom stereocenters. The fourth-order valence-corrected chi connectivity index (χ4v) is 2.29. The SMILES string of the molecule is Cc1cc(N(C)C)n(-c2cccc(S(=O)(=O)O)c2)n1. The number of hydrogen-bond donors (Lipinski definition) is 1. The molecule has 0 amide bonds. The molecule has 0 radical (unpaired) electrons. The summed E-state index contributed by atoms with van der Waals surface area (Å²) >= 11 is 0. The molecule has 0 fully saturated rings. The van der Waals surface area contributed by atoms with Gasteiger partial charge in [-0.25, -0.2) is 4.68 Å². The molecule has 19 heavy (non-hydrogen) atoms. The van der Waals surface area contributed by atoms with Gasteiger partial charge in [0.25, 0.3) is 10.1 Å². The van der Waals surface area contributed by atoms with Crippen LogP contribution in [-0.2, 0) is 10.1 Å². The molecule has 6 nitrogen and oxygen atoms in total. The van der Waals surface area contributed by atoms with Crippen LogP contribution in [0.3, 0.4) is 0 Å². The summed E-state index contributed by atoms with van der Waals surface area (Å²) in [5.74, 6) is 0.824. The fraction of sp³-hybridized carbons (Fsp3) is 0.250. The quantitative estimate of drug-likeness (QED) is 0.863. The van der Waals surface area contributed by atoms with Gasteiger partial charge >= 0.3 is 0 Å². The van der Waals surface area contributed by atoms with E-state index in [1.54, 1.807) is 16.8 Å². The first-order valence-electron chi connectivity index (χ1n) is 5.61. The molecular formula is C12H15N3O3S. The van der Waals surface area contributed by atoms with E-state index >= 15 is 0 Å². The average Bonchev–Trinajstić information content (AvgIpc) is 2.71. The lowest BCUT2D eigenvalue weighted by Gasteiger charge is -2.14. The summed E-state index contributed by atoms with van der Waals surface area (Å²) in [6.07, 6.45) is 0. The molecular weight excluding hydrogens is 266 g/mol. The van der Waals surface area contributed by atoms with Crippen molar-refractivity contribution < 1.29 is 13.0 Å². The second kappa shape index (κ2) is 4.67. The van der Waals surface area contributed by atoms with Crippen LogP contribution < -0.4 is 4.90 Å². The Kier molecular flexibility index (Phi) is 3.34. The molecule has 0 aliphatic carbocycles. The molecule has 1 aromatic heterocycles. The van der Waals surface area contributed by atoms with Crippen LogP contribution in [-0.4, -0.2) is 36.8 Å². The van der Waals surface area contributed by atoms with Crippen LogP contribution in [0, 0.1) is 6.92 Å². The zero-order chi connectivity index (χ0) is 14.2. The van der Waals surface area contributed by atoms with Crippen LogP contribution in [0.4, 0.5) is 5.82 Å². The molecule has 1 heterocycles. The highest BCUT2D eigenvalue weighted by atomic mass is 32.2. The molecule has 2 aromatic rings. The molecule has 0 spiro atoms. The van der Waals surface area contributed by atoms with Gasteiger partial charge in [-0.15, -0.1) is 0 Å². The third-order valence-corrected chi connectivity index (χ3v) is 3.48. The van der Waals surface area contributed by atoms with Crippen molar-refractivity contribution in [2.45, 2.75) is 11.8 Å². The Morgan fingerprint density at radius 2 is 1.95 bits per heavy atom. The van der Waals surface area contributed by atoms with Crippen molar-refractivity contribution in [1.29, 1.82) is 0 Å². The van der Waals surface area contributed by atoms with E-state index in [1.807, 2.05) is 32.0 Å². The van der Waals surface area contributed by atoms with Gasteiger partial charge in [0, 0.05) is 20.2 Å². The maximum atomic E-state index is 11.2. The summed E-state index contributed by atoms with van der Waals surface area (Å²) < 4.78 is 33.0. The van der Waals surface area contributed by atoms with Crippen LogP contribution in [0.5, 0.6) is 0 Å². The van der Waals surface area contributed by atoms with Crippen molar-refractivity contribution in [2.24, 2.45) is 0 Å². The van der Waals surface area contributed by atoms with Gasteiger partial charge in [-0.3, -0.25) is 4.55 Å². The number of anilines is 1. The summed E-state index contributed by atoms with van der Waals surface area (Å²) in [4.78, 5) is 1.72. The maximum Gasteiger partial charge on any atom is 0.294 e. The highest BCUT2D eigenvalue weighted by molar-refractivity contribution is 7.85. The van der Waals surface area contributed by atoms with Crippen molar-refractivity contribution in [3.8, 4) is 5.69 Å². The summed E-state index contributed by atoms with van der Waals surface area (Å²) in [7, 11) is -0.465. The predicted molar refractivity (Wildman–Crippen MR) is 72.4 cm³/mol. The first-order valence-corrected chi connectivity index (χ1v) is 7.05. The Bertz CT molecular complexity index is 705. The standard InChI is InChI=1S/C12H15N3O3S/c1-9-7-12(14(2)3)15(13-9)10-5-4-6-11(8-10)19(16,17)18/h4-8H,1-3H3,(H,16,17,18). The molecule has 1 N–H and O–H groups in total. The summed E-state index contributed by atoms with van der Waals surface area (Å²) in [5, 5.41) is 4.32. The average molecular weight is 281 g/mol. The van der Waals surface area contributed by atoms with Crippen molar-refractivity contribution in [3.05, 3.63) is 36.0 Å². The summed E-state index contributed by atoms with van der Waals surface area (Å²) in [5.41, 5.74) is 1.40. The van der Waals surface area contributed by atoms with Crippen molar-refractivity contribution in [3.63, 3.8) is 0 Å². The Balaban J connectivity index is 2.60. The molecule has 0 saturated carbocycles. The van der Waals surface area contributed by atoms with Crippen molar-refractivity contribution in [1.82, 2.24) is 9.78 Å². The van der Waals surface area contributed by atoms with Crippen LogP contribution in [0.2, 0.25) is 0 Å². The smallest absolute Gasteiger partial charge is 0.294 e. The van der Waals surface area contributed by atoms with E-state index in [1.165, 1.54) is 12.1 Å². The van der Waals surface area contributed by atoms with Gasteiger partial charge in [0.1, 0.15) is 5.82 Å². The van der Waals surface area contributed by atoms with E-state index in [2.05, 4.69) is 5.10 Å². The number of aryl methyl sites for hydroxylation is 1. The van der Waals surface area contributed by atoms with E-state index in [9.17, 15) is 8.42 Å². The number of benzene rings is 1. The second-order valence-corrected chi connectivity index (χ2v) is 5.84. The third kappa shape index (κ3) is 2.77. The molecule has 0 saturated heterocycles. The minimum absolute atomic E-state index is 0.150. The molecule has 7 heteroatoms. The summed E-state index contributed by atoms with van der Waals surface area (Å²) in [6, 6.07) is 7.91. The van der Waals surface area contributed by atoms with Crippen molar-refractivity contribution in [2.75, 3.05) is 19.0 Å². The Labute approximate surface area is 112 Å². The number of hydrogen-bond acceptors (Lipinski definition) is 4. The first-order chi connectivity index (χ1) is 8.79. The Morgan fingerprint density at radius 3 is 2.53 bits per heavy atom. The van der Waals surface area contributed by atoms with E-state index in [4.69, 9.17) is 4.55 Å². The van der Waals surface area contributed by atoms with E-state index in [0.717, 1.165) is 11.5 Å². The van der Waals surface area contributed by atoms with Gasteiger partial charge in [-0.05, 0) is 25.1 Å². The maximum absolute atomic E-state index is 11.2. The number of rotatable bonds is 3. The van der Waals surface area contributed by atoms with Crippen LogP contribution in [0.15, 0.2) is 35.2 Å². The van der Waals surface area contributed by atoms with Crippen molar-refractivity contribution >= 4 is 15.9 Å². The molecule has 102 valence electrons. The lowest BCUT2D eigenvalue weighted by molar-refractivity contribution is 0.483. The van der Waals surface area contributed by atoms with Gasteiger partial charge in [-0.2, -0.15) is 13.5 Å². The molecule has 1 aromatic carbocycles. The zero-order valence-electron chi connectivity index (χ0n) is 10.9. The minimum atomic E-state index is -4.21. The first kappa shape index (κ1) is 13.6. The minimum Gasteiger partial charge on any atom is -0.363 e. The monoisotopic (exact) mass is 281 g/mol. The second-order valence-electron chi connectivity index (χ2n) is 4.42. The van der Waals surface area contributed by atoms with Crippen LogP contribution in [0.1, 0.15) is 5.69 Å². The third-order valence-electron chi connectivity index (χ3n) is 2.63. The van der Waals surface area contributed by atoms with Gasteiger partial charge in [0.2, 0.25) is 0 Å². The Hall–Kier alpha value is -1.86. The Morgan fingerprint density at radius 1 is 1.26 bits per heavy atom. The van der Waals surface area contributed by atoms with Gasteiger partial charge in [0.05, 0.1) is 16.3 Å². The van der Waals surface area contributed by atoms with Crippen LogP contribution >= 0.6 is 0 Å². The van der Waals surface area contributed by atoms with Crippen LogP contribution in [0.25, 0.3) is 5.69 Å². The highest BCUT2D eigenvalue weighted by Gasteiger charge is 2.13. The van der Waals surface area contributed by atoms with E-state index in [0.29, 0.717) is 5.69 Å². The molecule has 0 atom stereocenters. The molecule has 0 aliphatic heterocycles. The van der Waals surface area contributed by atoms with Gasteiger partial charge in [-0.1, -0.05) is 6.07 Å². The van der Waals surface area contributed by atoms with E-state index < -0.39 is 10.1 Å². The van der Waals surface area contributed by atoms with Gasteiger partial charge in [0.15, 0.2) is 0 Å². The lowest BCUT2D eigenvalue weighted by Crippen LogP contribution is -2.14. The number of nitrogens with zero attached hydrogens (tertiary/aromatic N) is 3. The number of aromatic nitrogens is 2.